The van der Waals surface area contributed by atoms with Crippen LogP contribution in [-0.2, 0) is 12.8 Å². The Bertz CT molecular complexity index is 596. The van der Waals surface area contributed by atoms with Crippen LogP contribution < -0.4 is 0 Å². The monoisotopic (exact) mass is 344 g/mol. The average molecular weight is 345 g/mol. The summed E-state index contributed by atoms with van der Waals surface area (Å²) < 4.78 is 41.1. The van der Waals surface area contributed by atoms with Gasteiger partial charge in [0, 0.05) is 22.9 Å². The number of benzene rings is 2. The fraction of sp³-hybridized carbons (Fsp3) is 0.200. The molecule has 0 bridgehead atoms. The zero-order valence-electron chi connectivity index (χ0n) is 10.4. The molecule has 1 unspecified atom stereocenters. The molecule has 1 nitrogen and oxygen atoms in total. The van der Waals surface area contributed by atoms with Gasteiger partial charge in [0.2, 0.25) is 0 Å². The molecule has 0 aliphatic heterocycles. The van der Waals surface area contributed by atoms with Crippen molar-refractivity contribution in [1.82, 2.24) is 0 Å². The highest BCUT2D eigenvalue weighted by molar-refractivity contribution is 9.10. The molecule has 0 aliphatic rings. The molecule has 1 N–H and O–H groups in total. The number of aliphatic hydroxyl groups is 1. The van der Waals surface area contributed by atoms with Gasteiger partial charge in [-0.1, -0.05) is 28.1 Å². The minimum atomic E-state index is -1.06. The van der Waals surface area contributed by atoms with Gasteiger partial charge >= 0.3 is 0 Å². The maximum Gasteiger partial charge on any atom is 0.129 e. The summed E-state index contributed by atoms with van der Waals surface area (Å²) in [6.07, 6.45) is -1.27. The maximum atomic E-state index is 13.6. The first-order valence-electron chi connectivity index (χ1n) is 6.02. The molecule has 0 aromatic heterocycles. The number of hydrogen-bond donors (Lipinski definition) is 1. The van der Waals surface area contributed by atoms with E-state index in [-0.39, 0.29) is 18.4 Å². The van der Waals surface area contributed by atoms with Gasteiger partial charge in [-0.15, -0.1) is 0 Å². The Labute approximate surface area is 123 Å². The van der Waals surface area contributed by atoms with Gasteiger partial charge in [0.15, 0.2) is 0 Å². The van der Waals surface area contributed by atoms with Crippen LogP contribution >= 0.6 is 15.9 Å². The van der Waals surface area contributed by atoms with Crippen molar-refractivity contribution < 1.29 is 18.3 Å². The average Bonchev–Trinajstić information content (AvgIpc) is 2.37. The second-order valence-corrected chi connectivity index (χ2v) is 5.41. The van der Waals surface area contributed by atoms with Gasteiger partial charge in [0.05, 0.1) is 6.10 Å². The molecule has 106 valence electrons. The predicted octanol–water partition coefficient (Wildman–Crippen LogP) is 4.01. The predicted molar refractivity (Wildman–Crippen MR) is 73.9 cm³/mol. The van der Waals surface area contributed by atoms with E-state index in [1.165, 1.54) is 18.2 Å². The number of halogens is 4. The molecule has 0 spiro atoms. The van der Waals surface area contributed by atoms with Gasteiger partial charge in [-0.05, 0) is 29.8 Å². The Morgan fingerprint density at radius 3 is 2.20 bits per heavy atom. The molecule has 0 heterocycles. The van der Waals surface area contributed by atoms with Crippen LogP contribution in [0.3, 0.4) is 0 Å². The van der Waals surface area contributed by atoms with Crippen molar-refractivity contribution in [3.63, 3.8) is 0 Å². The highest BCUT2D eigenvalue weighted by Gasteiger charge is 2.15. The van der Waals surface area contributed by atoms with Crippen LogP contribution in [0.15, 0.2) is 40.9 Å². The zero-order chi connectivity index (χ0) is 14.7. The lowest BCUT2D eigenvalue weighted by Crippen LogP contribution is -2.16. The summed E-state index contributed by atoms with van der Waals surface area (Å²) >= 11 is 3.13. The molecule has 2 aromatic carbocycles. The Kier molecular flexibility index (Phi) is 4.83. The van der Waals surface area contributed by atoms with Crippen molar-refractivity contribution in [2.45, 2.75) is 18.9 Å². The van der Waals surface area contributed by atoms with Crippen molar-refractivity contribution in [2.24, 2.45) is 0 Å². The topological polar surface area (TPSA) is 20.2 Å². The van der Waals surface area contributed by atoms with E-state index >= 15 is 0 Å². The number of hydrogen-bond acceptors (Lipinski definition) is 1. The van der Waals surface area contributed by atoms with Crippen LogP contribution in [0.25, 0.3) is 0 Å². The second-order valence-electron chi connectivity index (χ2n) is 4.50. The normalized spacial score (nSPS) is 12.4. The summed E-state index contributed by atoms with van der Waals surface area (Å²) in [6.45, 7) is 0. The van der Waals surface area contributed by atoms with E-state index in [1.807, 2.05) is 0 Å². The highest BCUT2D eigenvalue weighted by atomic mass is 79.9. The minimum absolute atomic E-state index is 0.00706. The lowest BCUT2D eigenvalue weighted by atomic mass is 10.0. The number of rotatable bonds is 4. The summed E-state index contributed by atoms with van der Waals surface area (Å²) in [7, 11) is 0. The molecular weight excluding hydrogens is 333 g/mol. The third-order valence-corrected chi connectivity index (χ3v) is 3.47. The molecule has 0 radical (unpaired) electrons. The molecule has 0 amide bonds. The quantitative estimate of drug-likeness (QED) is 0.888. The van der Waals surface area contributed by atoms with E-state index in [0.29, 0.717) is 10.0 Å². The summed E-state index contributed by atoms with van der Waals surface area (Å²) in [5.41, 5.74) is 0.120. The van der Waals surface area contributed by atoms with E-state index < -0.39 is 23.6 Å². The Balaban J connectivity index is 2.11. The summed E-state index contributed by atoms with van der Waals surface area (Å²) in [5, 5.41) is 9.89. The first kappa shape index (κ1) is 15.1. The van der Waals surface area contributed by atoms with Gasteiger partial charge in [-0.25, -0.2) is 13.2 Å². The van der Waals surface area contributed by atoms with Crippen LogP contribution in [0.1, 0.15) is 11.1 Å². The van der Waals surface area contributed by atoms with Crippen molar-refractivity contribution in [3.8, 4) is 0 Å². The molecule has 0 aliphatic carbocycles. The van der Waals surface area contributed by atoms with E-state index in [0.717, 1.165) is 12.1 Å². The van der Waals surface area contributed by atoms with Gasteiger partial charge in [-0.3, -0.25) is 0 Å². The molecule has 20 heavy (non-hydrogen) atoms. The van der Waals surface area contributed by atoms with E-state index in [1.54, 1.807) is 6.07 Å². The largest absolute Gasteiger partial charge is 0.392 e. The van der Waals surface area contributed by atoms with Crippen LogP contribution in [0.4, 0.5) is 13.2 Å². The first-order valence-corrected chi connectivity index (χ1v) is 6.81. The third-order valence-electron chi connectivity index (χ3n) is 2.97. The van der Waals surface area contributed by atoms with Crippen molar-refractivity contribution in [1.29, 1.82) is 0 Å². The molecule has 0 saturated carbocycles. The third kappa shape index (κ3) is 3.61. The second kappa shape index (κ2) is 6.41. The minimum Gasteiger partial charge on any atom is -0.392 e. The molecule has 5 heteroatoms. The van der Waals surface area contributed by atoms with E-state index in [9.17, 15) is 18.3 Å². The fourth-order valence-corrected chi connectivity index (χ4v) is 2.31. The van der Waals surface area contributed by atoms with Crippen molar-refractivity contribution >= 4 is 15.9 Å². The lowest BCUT2D eigenvalue weighted by molar-refractivity contribution is 0.171. The van der Waals surface area contributed by atoms with Crippen molar-refractivity contribution in [2.75, 3.05) is 0 Å². The summed E-state index contributed by atoms with van der Waals surface area (Å²) in [4.78, 5) is 0. The fourth-order valence-electron chi connectivity index (χ4n) is 1.98. The first-order chi connectivity index (χ1) is 9.47. The maximum absolute atomic E-state index is 13.6. The number of aliphatic hydroxyl groups excluding tert-OH is 1. The van der Waals surface area contributed by atoms with Gasteiger partial charge in [-0.2, -0.15) is 0 Å². The van der Waals surface area contributed by atoms with Gasteiger partial charge in [0.25, 0.3) is 0 Å². The molecule has 1 atom stereocenters. The Morgan fingerprint density at radius 1 is 0.950 bits per heavy atom. The Hall–Kier alpha value is -1.33. The van der Waals surface area contributed by atoms with Crippen LogP contribution in [0, 0.1) is 17.5 Å². The van der Waals surface area contributed by atoms with Crippen molar-refractivity contribution in [3.05, 3.63) is 69.4 Å². The summed E-state index contributed by atoms with van der Waals surface area (Å²) in [6, 6.07) is 7.98. The van der Waals surface area contributed by atoms with Crippen LogP contribution in [0.5, 0.6) is 0 Å². The Morgan fingerprint density at radius 2 is 1.60 bits per heavy atom. The molecule has 0 saturated heterocycles. The standard InChI is InChI=1S/C15H12BrF3O/c16-10-5-4-9(15(19)7-10)6-11(20)8-12-13(17)2-1-3-14(12)18/h1-5,7,11,20H,6,8H2. The zero-order valence-corrected chi connectivity index (χ0v) is 12.0. The van der Waals surface area contributed by atoms with Crippen LogP contribution in [-0.4, -0.2) is 11.2 Å². The van der Waals surface area contributed by atoms with E-state index in [2.05, 4.69) is 15.9 Å². The van der Waals surface area contributed by atoms with Gasteiger partial charge in [0.1, 0.15) is 17.5 Å². The highest BCUT2D eigenvalue weighted by Crippen LogP contribution is 2.19. The van der Waals surface area contributed by atoms with Gasteiger partial charge < -0.3 is 5.11 Å². The van der Waals surface area contributed by atoms with Crippen LogP contribution in [0.2, 0.25) is 0 Å². The SMILES string of the molecule is OC(Cc1ccc(Br)cc1F)Cc1c(F)cccc1F. The molecule has 2 aromatic rings. The molecule has 0 fully saturated rings. The molecular formula is C15H12BrF3O. The molecule has 2 rings (SSSR count). The smallest absolute Gasteiger partial charge is 0.129 e. The lowest BCUT2D eigenvalue weighted by Gasteiger charge is -2.13. The summed E-state index contributed by atoms with van der Waals surface area (Å²) in [5.74, 6) is -1.88. The van der Waals surface area contributed by atoms with E-state index in [4.69, 9.17) is 0 Å².